The van der Waals surface area contributed by atoms with Crippen molar-refractivity contribution in [3.05, 3.63) is 0 Å². The Kier molecular flexibility index (Phi) is 4.35. The molecule has 0 aliphatic carbocycles. The standard InChI is InChI=1S/C10H20N2O2/c1-8(2)14-9(3)10(13)12-6-4-11-5-7-12/h8-9,11H,4-7H2,1-3H3. The van der Waals surface area contributed by atoms with Crippen molar-refractivity contribution in [3.63, 3.8) is 0 Å². The summed E-state index contributed by atoms with van der Waals surface area (Å²) in [5, 5.41) is 3.21. The molecule has 1 aliphatic rings. The van der Waals surface area contributed by atoms with Gasteiger partial charge in [0.05, 0.1) is 6.10 Å². The molecule has 1 aliphatic heterocycles. The summed E-state index contributed by atoms with van der Waals surface area (Å²) in [6.45, 7) is 9.09. The summed E-state index contributed by atoms with van der Waals surface area (Å²) in [4.78, 5) is 13.7. The van der Waals surface area contributed by atoms with E-state index >= 15 is 0 Å². The Morgan fingerprint density at radius 3 is 2.36 bits per heavy atom. The van der Waals surface area contributed by atoms with Crippen LogP contribution in [0.3, 0.4) is 0 Å². The van der Waals surface area contributed by atoms with Crippen molar-refractivity contribution in [1.82, 2.24) is 10.2 Å². The van der Waals surface area contributed by atoms with Gasteiger partial charge in [-0.1, -0.05) is 0 Å². The van der Waals surface area contributed by atoms with Crippen molar-refractivity contribution < 1.29 is 9.53 Å². The molecule has 0 saturated carbocycles. The van der Waals surface area contributed by atoms with Crippen molar-refractivity contribution in [3.8, 4) is 0 Å². The zero-order valence-corrected chi connectivity index (χ0v) is 9.25. The summed E-state index contributed by atoms with van der Waals surface area (Å²) in [6, 6.07) is 0. The number of ether oxygens (including phenoxy) is 1. The number of hydrogen-bond donors (Lipinski definition) is 1. The lowest BCUT2D eigenvalue weighted by molar-refractivity contribution is -0.145. The molecule has 82 valence electrons. The highest BCUT2D eigenvalue weighted by Crippen LogP contribution is 2.03. The summed E-state index contributed by atoms with van der Waals surface area (Å²) in [7, 11) is 0. The lowest BCUT2D eigenvalue weighted by Gasteiger charge is -2.30. The van der Waals surface area contributed by atoms with E-state index in [0.717, 1.165) is 26.2 Å². The Morgan fingerprint density at radius 1 is 1.29 bits per heavy atom. The first-order chi connectivity index (χ1) is 6.61. The maximum atomic E-state index is 11.8. The average Bonchev–Trinajstić information content (AvgIpc) is 2.17. The molecule has 0 spiro atoms. The van der Waals surface area contributed by atoms with Gasteiger partial charge in [0.1, 0.15) is 6.10 Å². The fourth-order valence-corrected chi connectivity index (χ4v) is 1.61. The van der Waals surface area contributed by atoms with Gasteiger partial charge < -0.3 is 15.0 Å². The minimum Gasteiger partial charge on any atom is -0.366 e. The molecule has 1 fully saturated rings. The molecule has 1 N–H and O–H groups in total. The summed E-state index contributed by atoms with van der Waals surface area (Å²) < 4.78 is 5.45. The molecule has 0 aromatic rings. The number of nitrogens with one attached hydrogen (secondary N) is 1. The second kappa shape index (κ2) is 5.32. The first-order valence-electron chi connectivity index (χ1n) is 5.26. The fourth-order valence-electron chi connectivity index (χ4n) is 1.61. The second-order valence-electron chi connectivity index (χ2n) is 3.90. The second-order valence-corrected chi connectivity index (χ2v) is 3.90. The molecular weight excluding hydrogens is 180 g/mol. The predicted octanol–water partition coefficient (Wildman–Crippen LogP) is 0.232. The number of nitrogens with zero attached hydrogens (tertiary/aromatic N) is 1. The minimum absolute atomic E-state index is 0.108. The molecule has 1 amide bonds. The highest BCUT2D eigenvalue weighted by Gasteiger charge is 2.22. The van der Waals surface area contributed by atoms with Crippen LogP contribution in [-0.4, -0.2) is 49.2 Å². The van der Waals surface area contributed by atoms with E-state index in [-0.39, 0.29) is 18.1 Å². The van der Waals surface area contributed by atoms with E-state index in [9.17, 15) is 4.79 Å². The van der Waals surface area contributed by atoms with Gasteiger partial charge in [-0.25, -0.2) is 0 Å². The maximum Gasteiger partial charge on any atom is 0.251 e. The van der Waals surface area contributed by atoms with Gasteiger partial charge >= 0.3 is 0 Å². The summed E-state index contributed by atoms with van der Waals surface area (Å²) in [6.07, 6.45) is -0.204. The van der Waals surface area contributed by atoms with Crippen LogP contribution in [0.4, 0.5) is 0 Å². The zero-order chi connectivity index (χ0) is 10.6. The summed E-state index contributed by atoms with van der Waals surface area (Å²) in [5.41, 5.74) is 0. The van der Waals surface area contributed by atoms with Gasteiger partial charge in [0.15, 0.2) is 0 Å². The molecule has 1 unspecified atom stereocenters. The van der Waals surface area contributed by atoms with Crippen LogP contribution in [0.15, 0.2) is 0 Å². The van der Waals surface area contributed by atoms with Gasteiger partial charge in [0, 0.05) is 26.2 Å². The molecule has 1 atom stereocenters. The van der Waals surface area contributed by atoms with E-state index in [2.05, 4.69) is 5.32 Å². The minimum atomic E-state index is -0.312. The Morgan fingerprint density at radius 2 is 1.86 bits per heavy atom. The van der Waals surface area contributed by atoms with Crippen LogP contribution in [-0.2, 0) is 9.53 Å². The monoisotopic (exact) mass is 200 g/mol. The van der Waals surface area contributed by atoms with Crippen LogP contribution in [0.5, 0.6) is 0 Å². The third-order valence-corrected chi connectivity index (χ3v) is 2.25. The molecule has 0 radical (unpaired) electrons. The molecule has 4 heteroatoms. The van der Waals surface area contributed by atoms with E-state index in [1.807, 2.05) is 25.7 Å². The third kappa shape index (κ3) is 3.27. The lowest BCUT2D eigenvalue weighted by atomic mass is 10.3. The fraction of sp³-hybridized carbons (Fsp3) is 0.900. The van der Waals surface area contributed by atoms with Crippen molar-refractivity contribution >= 4 is 5.91 Å². The quantitative estimate of drug-likeness (QED) is 0.709. The molecule has 0 aromatic heterocycles. The van der Waals surface area contributed by atoms with E-state index in [4.69, 9.17) is 4.74 Å². The van der Waals surface area contributed by atoms with Crippen LogP contribution in [0, 0.1) is 0 Å². The molecule has 1 saturated heterocycles. The van der Waals surface area contributed by atoms with Crippen LogP contribution in [0.2, 0.25) is 0 Å². The molecule has 1 heterocycles. The summed E-state index contributed by atoms with van der Waals surface area (Å²) >= 11 is 0. The van der Waals surface area contributed by atoms with Crippen molar-refractivity contribution in [2.45, 2.75) is 33.0 Å². The molecule has 0 bridgehead atoms. The third-order valence-electron chi connectivity index (χ3n) is 2.25. The van der Waals surface area contributed by atoms with E-state index < -0.39 is 0 Å². The maximum absolute atomic E-state index is 11.8. The number of carbonyl (C=O) groups is 1. The Hall–Kier alpha value is -0.610. The smallest absolute Gasteiger partial charge is 0.251 e. The van der Waals surface area contributed by atoms with Gasteiger partial charge in [-0.3, -0.25) is 4.79 Å². The van der Waals surface area contributed by atoms with Crippen molar-refractivity contribution in [2.24, 2.45) is 0 Å². The normalized spacial score (nSPS) is 19.9. The number of carbonyl (C=O) groups excluding carboxylic acids is 1. The Labute approximate surface area is 85.6 Å². The highest BCUT2D eigenvalue weighted by molar-refractivity contribution is 5.80. The molecular formula is C10H20N2O2. The van der Waals surface area contributed by atoms with Crippen LogP contribution < -0.4 is 5.32 Å². The van der Waals surface area contributed by atoms with Gasteiger partial charge in [0.25, 0.3) is 5.91 Å². The highest BCUT2D eigenvalue weighted by atomic mass is 16.5. The number of amides is 1. The van der Waals surface area contributed by atoms with Gasteiger partial charge in [-0.15, -0.1) is 0 Å². The average molecular weight is 200 g/mol. The molecule has 0 aromatic carbocycles. The predicted molar refractivity (Wildman–Crippen MR) is 55.1 cm³/mol. The zero-order valence-electron chi connectivity index (χ0n) is 9.25. The lowest BCUT2D eigenvalue weighted by Crippen LogP contribution is -2.50. The van der Waals surface area contributed by atoms with E-state index in [1.54, 1.807) is 0 Å². The Balaban J connectivity index is 2.38. The SMILES string of the molecule is CC(C)OC(C)C(=O)N1CCNCC1. The molecule has 4 nitrogen and oxygen atoms in total. The first-order valence-corrected chi connectivity index (χ1v) is 5.26. The Bertz CT molecular complexity index is 189. The first kappa shape index (κ1) is 11.5. The van der Waals surface area contributed by atoms with Gasteiger partial charge in [0.2, 0.25) is 0 Å². The molecule has 14 heavy (non-hydrogen) atoms. The van der Waals surface area contributed by atoms with Crippen LogP contribution in [0.25, 0.3) is 0 Å². The van der Waals surface area contributed by atoms with Crippen LogP contribution >= 0.6 is 0 Å². The number of rotatable bonds is 3. The van der Waals surface area contributed by atoms with Crippen LogP contribution in [0.1, 0.15) is 20.8 Å². The van der Waals surface area contributed by atoms with Gasteiger partial charge in [-0.2, -0.15) is 0 Å². The summed E-state index contributed by atoms with van der Waals surface area (Å²) in [5.74, 6) is 0.111. The molecule has 1 rings (SSSR count). The van der Waals surface area contributed by atoms with Crippen molar-refractivity contribution in [2.75, 3.05) is 26.2 Å². The number of hydrogen-bond acceptors (Lipinski definition) is 3. The van der Waals surface area contributed by atoms with Gasteiger partial charge in [-0.05, 0) is 20.8 Å². The van der Waals surface area contributed by atoms with E-state index in [0.29, 0.717) is 0 Å². The van der Waals surface area contributed by atoms with Crippen molar-refractivity contribution in [1.29, 1.82) is 0 Å². The largest absolute Gasteiger partial charge is 0.366 e. The number of piperazine rings is 1. The topological polar surface area (TPSA) is 41.6 Å². The van der Waals surface area contributed by atoms with E-state index in [1.165, 1.54) is 0 Å².